The first-order valence-electron chi connectivity index (χ1n) is 6.61. The number of nitrogens with zero attached hydrogens (tertiary/aromatic N) is 1. The largest absolute Gasteiger partial charge is 0.480 e. The van der Waals surface area contributed by atoms with Gasteiger partial charge < -0.3 is 10.0 Å². The molecule has 7 heteroatoms. The predicted molar refractivity (Wildman–Crippen MR) is 72.9 cm³/mol. The van der Waals surface area contributed by atoms with Crippen molar-refractivity contribution < 1.29 is 23.5 Å². The lowest BCUT2D eigenvalue weighted by atomic mass is 10.1. The lowest BCUT2D eigenvalue weighted by molar-refractivity contribution is -0.141. The number of carboxylic acid groups (broad SMARTS) is 1. The highest BCUT2D eigenvalue weighted by Crippen LogP contribution is 2.45. The van der Waals surface area contributed by atoms with Crippen LogP contribution in [0.25, 0.3) is 0 Å². The predicted octanol–water partition coefficient (Wildman–Crippen LogP) is 2.34. The molecule has 2 fully saturated rings. The maximum atomic E-state index is 13.3. The van der Waals surface area contributed by atoms with Gasteiger partial charge in [-0.25, -0.2) is 13.6 Å². The highest BCUT2D eigenvalue weighted by molar-refractivity contribution is 8.00. The third-order valence-electron chi connectivity index (χ3n) is 3.75. The van der Waals surface area contributed by atoms with Crippen molar-refractivity contribution >= 4 is 23.6 Å². The van der Waals surface area contributed by atoms with E-state index in [9.17, 15) is 23.5 Å². The zero-order valence-corrected chi connectivity index (χ0v) is 11.8. The molecule has 0 aromatic heterocycles. The van der Waals surface area contributed by atoms with E-state index in [1.165, 1.54) is 22.7 Å². The molecule has 0 bridgehead atoms. The number of rotatable bonds is 3. The van der Waals surface area contributed by atoms with E-state index >= 15 is 0 Å². The maximum absolute atomic E-state index is 13.3. The van der Waals surface area contributed by atoms with Gasteiger partial charge in [-0.15, -0.1) is 11.8 Å². The number of carboxylic acids is 1. The Morgan fingerprint density at radius 3 is 2.52 bits per heavy atom. The molecule has 4 nitrogen and oxygen atoms in total. The zero-order valence-electron chi connectivity index (χ0n) is 11.0. The molecule has 21 heavy (non-hydrogen) atoms. The van der Waals surface area contributed by atoms with E-state index in [0.29, 0.717) is 11.7 Å². The summed E-state index contributed by atoms with van der Waals surface area (Å²) in [5, 5.41) is 9.07. The second-order valence-corrected chi connectivity index (χ2v) is 6.41. The Morgan fingerprint density at radius 2 is 1.95 bits per heavy atom. The number of benzene rings is 1. The summed E-state index contributed by atoms with van der Waals surface area (Å²) < 4.78 is 26.2. The minimum atomic E-state index is -1.11. The Hall–Kier alpha value is -1.63. The molecular formula is C14H13F2NO3S. The summed E-state index contributed by atoms with van der Waals surface area (Å²) >= 11 is 1.44. The molecule has 3 rings (SSSR count). The molecule has 1 aliphatic heterocycles. The monoisotopic (exact) mass is 313 g/mol. The van der Waals surface area contributed by atoms with E-state index in [1.807, 2.05) is 0 Å². The first-order chi connectivity index (χ1) is 9.99. The Kier molecular flexibility index (Phi) is 3.61. The highest BCUT2D eigenvalue weighted by atomic mass is 32.2. The van der Waals surface area contributed by atoms with Crippen LogP contribution in [0, 0.1) is 17.6 Å². The summed E-state index contributed by atoms with van der Waals surface area (Å²) in [5.41, 5.74) is -0.0201. The first kappa shape index (κ1) is 14.3. The van der Waals surface area contributed by atoms with Crippen molar-refractivity contribution in [2.75, 3.05) is 5.75 Å². The molecule has 0 spiro atoms. The van der Waals surface area contributed by atoms with Crippen molar-refractivity contribution in [3.63, 3.8) is 0 Å². The number of hydrogen-bond acceptors (Lipinski definition) is 3. The molecule has 1 aromatic carbocycles. The lowest BCUT2D eigenvalue weighted by Gasteiger charge is -2.27. The Bertz CT molecular complexity index is 606. The molecular weight excluding hydrogens is 300 g/mol. The van der Waals surface area contributed by atoms with Crippen LogP contribution < -0.4 is 0 Å². The normalized spacial score (nSPS) is 25.1. The number of amides is 1. The SMILES string of the molecule is O=C(O)C1CSC(C2CC2)N1C(=O)c1ccc(F)c(F)c1. The number of carbonyl (C=O) groups excluding carboxylic acids is 1. The van der Waals surface area contributed by atoms with Crippen LogP contribution in [-0.2, 0) is 4.79 Å². The molecule has 1 saturated heterocycles. The van der Waals surface area contributed by atoms with Gasteiger partial charge >= 0.3 is 5.97 Å². The number of halogens is 2. The molecule has 112 valence electrons. The molecule has 2 unspecified atom stereocenters. The average Bonchev–Trinajstić information content (AvgIpc) is 3.19. The second-order valence-electron chi connectivity index (χ2n) is 5.26. The van der Waals surface area contributed by atoms with Gasteiger partial charge in [-0.3, -0.25) is 4.79 Å². The molecule has 1 N–H and O–H groups in total. The van der Waals surface area contributed by atoms with Crippen molar-refractivity contribution in [1.82, 2.24) is 4.90 Å². The molecule has 0 radical (unpaired) electrons. The molecule has 1 heterocycles. The van der Waals surface area contributed by atoms with Gasteiger partial charge in [0.05, 0.1) is 5.37 Å². The average molecular weight is 313 g/mol. The van der Waals surface area contributed by atoms with E-state index in [1.54, 1.807) is 0 Å². The van der Waals surface area contributed by atoms with Gasteiger partial charge in [-0.1, -0.05) is 0 Å². The molecule has 2 aliphatic rings. The third kappa shape index (κ3) is 2.62. The number of aliphatic carboxylic acids is 1. The van der Waals surface area contributed by atoms with Crippen molar-refractivity contribution in [3.8, 4) is 0 Å². The van der Waals surface area contributed by atoms with Gasteiger partial charge in [0.15, 0.2) is 11.6 Å². The third-order valence-corrected chi connectivity index (χ3v) is 5.21. The fourth-order valence-electron chi connectivity index (χ4n) is 2.50. The summed E-state index contributed by atoms with van der Waals surface area (Å²) in [7, 11) is 0. The van der Waals surface area contributed by atoms with Gasteiger partial charge in [0.1, 0.15) is 6.04 Å². The van der Waals surface area contributed by atoms with Crippen LogP contribution in [0.2, 0.25) is 0 Å². The van der Waals surface area contributed by atoms with Crippen LogP contribution in [0.1, 0.15) is 23.2 Å². The van der Waals surface area contributed by atoms with Crippen LogP contribution in [0.15, 0.2) is 18.2 Å². The lowest BCUT2D eigenvalue weighted by Crippen LogP contribution is -2.46. The molecule has 1 amide bonds. The topological polar surface area (TPSA) is 57.6 Å². The summed E-state index contributed by atoms with van der Waals surface area (Å²) in [6.45, 7) is 0. The van der Waals surface area contributed by atoms with Gasteiger partial charge in [0.25, 0.3) is 5.91 Å². The zero-order chi connectivity index (χ0) is 15.1. The summed E-state index contributed by atoms with van der Waals surface area (Å²) in [5.74, 6) is -3.14. The van der Waals surface area contributed by atoms with E-state index in [2.05, 4.69) is 0 Å². The van der Waals surface area contributed by atoms with Crippen LogP contribution in [0.4, 0.5) is 8.78 Å². The molecule has 2 atom stereocenters. The van der Waals surface area contributed by atoms with Gasteiger partial charge in [-0.2, -0.15) is 0 Å². The van der Waals surface area contributed by atoms with Crippen LogP contribution in [-0.4, -0.2) is 39.1 Å². The fraction of sp³-hybridized carbons (Fsp3) is 0.429. The Balaban J connectivity index is 1.91. The van der Waals surface area contributed by atoms with E-state index < -0.39 is 29.6 Å². The standard InChI is InChI=1S/C14H13F2NO3S/c15-9-4-3-8(5-10(9)16)12(18)17-11(14(19)20)6-21-13(17)7-1-2-7/h3-5,7,11,13H,1-2,6H2,(H,19,20). The smallest absolute Gasteiger partial charge is 0.327 e. The highest BCUT2D eigenvalue weighted by Gasteiger charge is 2.48. The minimum Gasteiger partial charge on any atom is -0.480 e. The van der Waals surface area contributed by atoms with E-state index in [4.69, 9.17) is 0 Å². The molecule has 1 aromatic rings. The summed E-state index contributed by atoms with van der Waals surface area (Å²) in [6, 6.07) is 1.98. The van der Waals surface area contributed by atoms with E-state index in [0.717, 1.165) is 25.0 Å². The van der Waals surface area contributed by atoms with Crippen molar-refractivity contribution in [3.05, 3.63) is 35.4 Å². The van der Waals surface area contributed by atoms with Crippen LogP contribution in [0.3, 0.4) is 0 Å². The Morgan fingerprint density at radius 1 is 1.24 bits per heavy atom. The Labute approximate surface area is 124 Å². The fourth-order valence-corrected chi connectivity index (χ4v) is 4.13. The summed E-state index contributed by atoms with van der Waals surface area (Å²) in [6.07, 6.45) is 1.93. The van der Waals surface area contributed by atoms with Gasteiger partial charge in [0.2, 0.25) is 0 Å². The minimum absolute atomic E-state index is 0.0201. The number of thioether (sulfide) groups is 1. The number of hydrogen-bond donors (Lipinski definition) is 1. The van der Waals surface area contributed by atoms with Gasteiger partial charge in [-0.05, 0) is 37.0 Å². The second kappa shape index (κ2) is 5.29. The van der Waals surface area contributed by atoms with Crippen molar-refractivity contribution in [2.45, 2.75) is 24.3 Å². The van der Waals surface area contributed by atoms with Crippen molar-refractivity contribution in [1.29, 1.82) is 0 Å². The van der Waals surface area contributed by atoms with Crippen LogP contribution in [0.5, 0.6) is 0 Å². The first-order valence-corrected chi connectivity index (χ1v) is 7.66. The molecule has 1 aliphatic carbocycles. The summed E-state index contributed by atoms with van der Waals surface area (Å²) in [4.78, 5) is 25.2. The number of carbonyl (C=O) groups is 2. The van der Waals surface area contributed by atoms with Crippen LogP contribution >= 0.6 is 11.8 Å². The quantitative estimate of drug-likeness (QED) is 0.930. The maximum Gasteiger partial charge on any atom is 0.327 e. The van der Waals surface area contributed by atoms with Crippen molar-refractivity contribution in [2.24, 2.45) is 5.92 Å². The van der Waals surface area contributed by atoms with E-state index in [-0.39, 0.29) is 10.9 Å². The molecule has 1 saturated carbocycles. The van der Waals surface area contributed by atoms with Gasteiger partial charge in [0, 0.05) is 11.3 Å².